The molecule has 0 aliphatic carbocycles. The maximum absolute atomic E-state index is 14.3. The minimum absolute atomic E-state index is 0.152. The molecule has 2 heterocycles. The SMILES string of the molecule is CC=C(C)Nc1ccc(F)c([C@]2(C)CS(=O)(=O)N(C)C(N)=N2)c1.CC=C(C)Nc1ccc(F)c([C@]2(C)CS(=O)(=O)N(C)C(N)=N2)c1. The van der Waals surface area contributed by atoms with Gasteiger partial charge in [-0.15, -0.1) is 0 Å². The van der Waals surface area contributed by atoms with Crippen LogP contribution in [0.3, 0.4) is 0 Å². The largest absolute Gasteiger partial charge is 0.369 e. The number of guanidine groups is 2. The van der Waals surface area contributed by atoms with Crippen molar-refractivity contribution in [2.24, 2.45) is 21.5 Å². The number of nitrogens with zero attached hydrogens (tertiary/aromatic N) is 4. The Balaban J connectivity index is 0.000000250. The van der Waals surface area contributed by atoms with Crippen LogP contribution in [0.25, 0.3) is 0 Å². The molecule has 0 amide bonds. The first-order chi connectivity index (χ1) is 21.2. The fourth-order valence-electron chi connectivity index (χ4n) is 4.81. The molecule has 0 spiro atoms. The molecule has 0 aromatic heterocycles. The summed E-state index contributed by atoms with van der Waals surface area (Å²) in [7, 11) is -4.63. The second-order valence-corrected chi connectivity index (χ2v) is 15.5. The number of halogens is 2. The summed E-state index contributed by atoms with van der Waals surface area (Å²) in [6, 6.07) is 8.91. The van der Waals surface area contributed by atoms with Crippen molar-refractivity contribution >= 4 is 43.3 Å². The zero-order valence-corrected chi connectivity index (χ0v) is 28.8. The Morgan fingerprint density at radius 2 is 1.09 bits per heavy atom. The summed E-state index contributed by atoms with van der Waals surface area (Å²) in [5, 5.41) is 6.22. The number of aliphatic imine (C=N–C) groups is 2. The quantitative estimate of drug-likeness (QED) is 0.355. The van der Waals surface area contributed by atoms with Crippen molar-refractivity contribution in [2.75, 3.05) is 36.2 Å². The van der Waals surface area contributed by atoms with Crippen LogP contribution in [0, 0.1) is 11.6 Å². The topological polar surface area (TPSA) is 176 Å². The zero-order valence-electron chi connectivity index (χ0n) is 27.2. The first kappa shape index (κ1) is 36.3. The van der Waals surface area contributed by atoms with E-state index in [1.54, 1.807) is 38.1 Å². The molecule has 2 aliphatic heterocycles. The molecule has 0 radical (unpaired) electrons. The molecule has 6 N–H and O–H groups in total. The zero-order chi connectivity index (χ0) is 34.8. The van der Waals surface area contributed by atoms with Crippen LogP contribution in [0.5, 0.6) is 0 Å². The Bertz CT molecular complexity index is 1710. The summed E-state index contributed by atoms with van der Waals surface area (Å²) >= 11 is 0. The van der Waals surface area contributed by atoms with Crippen molar-refractivity contribution in [3.8, 4) is 0 Å². The van der Waals surface area contributed by atoms with Gasteiger partial charge in [0.25, 0.3) is 0 Å². The Labute approximate surface area is 270 Å². The van der Waals surface area contributed by atoms with Crippen LogP contribution in [-0.2, 0) is 31.1 Å². The van der Waals surface area contributed by atoms with Crippen LogP contribution in [0.4, 0.5) is 20.2 Å². The molecule has 46 heavy (non-hydrogen) atoms. The molecule has 16 heteroatoms. The molecule has 0 fully saturated rings. The molecular formula is C30H42F2N8O4S2. The van der Waals surface area contributed by atoms with Gasteiger partial charge in [-0.1, -0.05) is 12.2 Å². The number of benzene rings is 2. The standard InChI is InChI=1S/2C15H21FN4O2S/c2*1-5-10(2)18-11-6-7-13(16)12(8-11)15(3)9-23(21,22)20(4)14(17)19-15/h2*5-8,18H,9H2,1-4H3,(H2,17,19)/t2*15-/m00/s1. The van der Waals surface area contributed by atoms with E-state index in [-0.39, 0.29) is 34.6 Å². The van der Waals surface area contributed by atoms with E-state index in [2.05, 4.69) is 20.6 Å². The smallest absolute Gasteiger partial charge is 0.239 e. The van der Waals surface area contributed by atoms with E-state index in [0.29, 0.717) is 11.4 Å². The van der Waals surface area contributed by atoms with Crippen LogP contribution in [-0.4, -0.2) is 63.0 Å². The molecule has 0 saturated carbocycles. The van der Waals surface area contributed by atoms with Crippen LogP contribution in [0.2, 0.25) is 0 Å². The van der Waals surface area contributed by atoms with Gasteiger partial charge in [0, 0.05) is 48.0 Å². The van der Waals surface area contributed by atoms with Crippen molar-refractivity contribution in [3.05, 3.63) is 82.7 Å². The van der Waals surface area contributed by atoms with Crippen molar-refractivity contribution in [2.45, 2.75) is 52.6 Å². The number of hydrogen-bond acceptors (Lipinski definition) is 10. The number of allylic oxidation sites excluding steroid dienone is 4. The fourth-order valence-corrected chi connectivity index (χ4v) is 7.71. The molecule has 2 aromatic rings. The van der Waals surface area contributed by atoms with E-state index in [1.165, 1.54) is 26.2 Å². The molecule has 2 aliphatic rings. The number of hydrogen-bond donors (Lipinski definition) is 4. The summed E-state index contributed by atoms with van der Waals surface area (Å²) in [5.74, 6) is -2.04. The van der Waals surface area contributed by atoms with Gasteiger partial charge in [0.05, 0.1) is 11.5 Å². The van der Waals surface area contributed by atoms with E-state index in [1.807, 2.05) is 39.8 Å². The van der Waals surface area contributed by atoms with Crippen LogP contribution >= 0.6 is 0 Å². The number of sulfonamides is 2. The lowest BCUT2D eigenvalue weighted by Crippen LogP contribution is -2.50. The highest BCUT2D eigenvalue weighted by Crippen LogP contribution is 2.36. The van der Waals surface area contributed by atoms with Crippen molar-refractivity contribution < 1.29 is 25.6 Å². The third-order valence-corrected chi connectivity index (χ3v) is 11.7. The average Bonchev–Trinajstić information content (AvgIpc) is 2.96. The Kier molecular flexibility index (Phi) is 10.5. The van der Waals surface area contributed by atoms with E-state index in [0.717, 1.165) is 20.0 Å². The van der Waals surface area contributed by atoms with Gasteiger partial charge in [-0.25, -0.2) is 44.2 Å². The maximum Gasteiger partial charge on any atom is 0.239 e. The normalized spacial score (nSPS) is 24.3. The Hall–Kier alpha value is -4.18. The molecule has 252 valence electrons. The van der Waals surface area contributed by atoms with Crippen LogP contribution in [0.1, 0.15) is 52.7 Å². The Morgan fingerprint density at radius 1 is 0.761 bits per heavy atom. The molecule has 0 saturated heterocycles. The van der Waals surface area contributed by atoms with E-state index >= 15 is 0 Å². The molecule has 2 aromatic carbocycles. The minimum atomic E-state index is -3.64. The number of nitrogens with one attached hydrogen (secondary N) is 2. The molecular weight excluding hydrogens is 639 g/mol. The van der Waals surface area contributed by atoms with E-state index < -0.39 is 42.8 Å². The second-order valence-electron chi connectivity index (χ2n) is 11.5. The monoisotopic (exact) mass is 680 g/mol. The third kappa shape index (κ3) is 7.78. The fraction of sp³-hybridized carbons (Fsp3) is 0.400. The molecule has 2 atom stereocenters. The lowest BCUT2D eigenvalue weighted by Gasteiger charge is -2.34. The molecule has 0 bridgehead atoms. The summed E-state index contributed by atoms with van der Waals surface area (Å²) < 4.78 is 79.4. The predicted molar refractivity (Wildman–Crippen MR) is 180 cm³/mol. The number of anilines is 2. The van der Waals surface area contributed by atoms with Gasteiger partial charge in [0.15, 0.2) is 0 Å². The highest BCUT2D eigenvalue weighted by Gasteiger charge is 2.43. The summed E-state index contributed by atoms with van der Waals surface area (Å²) in [6.45, 7) is 10.6. The third-order valence-electron chi connectivity index (χ3n) is 7.77. The van der Waals surface area contributed by atoms with Gasteiger partial charge in [-0.3, -0.25) is 0 Å². The number of nitrogens with two attached hydrogens (primary N) is 2. The summed E-state index contributed by atoms with van der Waals surface area (Å²) in [6.07, 6.45) is 3.75. The first-order valence-corrected chi connectivity index (χ1v) is 17.4. The van der Waals surface area contributed by atoms with Crippen molar-refractivity contribution in [3.63, 3.8) is 0 Å². The van der Waals surface area contributed by atoms with Gasteiger partial charge in [-0.2, -0.15) is 0 Å². The van der Waals surface area contributed by atoms with Gasteiger partial charge in [0.1, 0.15) is 22.7 Å². The average molecular weight is 681 g/mol. The van der Waals surface area contributed by atoms with Crippen molar-refractivity contribution in [1.29, 1.82) is 0 Å². The number of rotatable bonds is 6. The van der Waals surface area contributed by atoms with Gasteiger partial charge < -0.3 is 22.1 Å². The molecule has 0 unspecified atom stereocenters. The van der Waals surface area contributed by atoms with E-state index in [9.17, 15) is 25.6 Å². The minimum Gasteiger partial charge on any atom is -0.369 e. The lowest BCUT2D eigenvalue weighted by molar-refractivity contribution is 0.456. The highest BCUT2D eigenvalue weighted by atomic mass is 32.2. The van der Waals surface area contributed by atoms with Crippen molar-refractivity contribution in [1.82, 2.24) is 8.61 Å². The maximum atomic E-state index is 14.3. The second kappa shape index (κ2) is 13.3. The molecule has 12 nitrogen and oxygen atoms in total. The van der Waals surface area contributed by atoms with Gasteiger partial charge in [-0.05, 0) is 77.9 Å². The summed E-state index contributed by atoms with van der Waals surface area (Å²) in [5.41, 5.74) is 12.3. The van der Waals surface area contributed by atoms with Crippen LogP contribution < -0.4 is 22.1 Å². The molecule has 4 rings (SSSR count). The van der Waals surface area contributed by atoms with Gasteiger partial charge in [0.2, 0.25) is 32.0 Å². The predicted octanol–water partition coefficient (Wildman–Crippen LogP) is 3.93. The van der Waals surface area contributed by atoms with Gasteiger partial charge >= 0.3 is 0 Å². The van der Waals surface area contributed by atoms with Crippen LogP contribution in [0.15, 0.2) is 69.9 Å². The highest BCUT2D eigenvalue weighted by molar-refractivity contribution is 7.90. The summed E-state index contributed by atoms with van der Waals surface area (Å²) in [4.78, 5) is 8.44. The lowest BCUT2D eigenvalue weighted by atomic mass is 9.93. The Morgan fingerprint density at radius 3 is 1.37 bits per heavy atom. The van der Waals surface area contributed by atoms with E-state index in [4.69, 9.17) is 11.5 Å². The first-order valence-electron chi connectivity index (χ1n) is 14.2.